The van der Waals surface area contributed by atoms with E-state index in [2.05, 4.69) is 16.2 Å². The molecule has 2 aromatic carbocycles. The van der Waals surface area contributed by atoms with Crippen molar-refractivity contribution in [3.8, 4) is 11.5 Å². The Hall–Kier alpha value is -2.91. The quantitative estimate of drug-likeness (QED) is 0.452. The molecular weight excluding hydrogens is 454 g/mol. The summed E-state index contributed by atoms with van der Waals surface area (Å²) in [5.74, 6) is -0.0261. The second-order valence-electron chi connectivity index (χ2n) is 6.53. The van der Waals surface area contributed by atoms with Crippen LogP contribution in [0.5, 0.6) is 11.5 Å². The number of methoxy groups -OCH3 is 1. The number of halogens is 1. The molecule has 0 bridgehead atoms. The number of ether oxygens (including phenoxy) is 2. The van der Waals surface area contributed by atoms with E-state index in [9.17, 15) is 14.4 Å². The molecule has 0 spiro atoms. The van der Waals surface area contributed by atoms with E-state index in [4.69, 9.17) is 21.1 Å². The molecule has 0 aliphatic rings. The van der Waals surface area contributed by atoms with Crippen LogP contribution in [-0.4, -0.2) is 49.5 Å². The van der Waals surface area contributed by atoms with Crippen LogP contribution in [0.4, 0.5) is 0 Å². The van der Waals surface area contributed by atoms with Crippen LogP contribution >= 0.6 is 23.4 Å². The number of hydrazine groups is 1. The Morgan fingerprint density at radius 2 is 1.81 bits per heavy atom. The minimum atomic E-state index is -0.860. The number of thioether (sulfide) groups is 1. The van der Waals surface area contributed by atoms with Gasteiger partial charge in [-0.2, -0.15) is 11.8 Å². The molecule has 32 heavy (non-hydrogen) atoms. The summed E-state index contributed by atoms with van der Waals surface area (Å²) in [4.78, 5) is 37.7. The number of hydrogen-bond donors (Lipinski definition) is 3. The fourth-order valence-corrected chi connectivity index (χ4v) is 3.44. The van der Waals surface area contributed by atoms with Crippen molar-refractivity contribution < 1.29 is 23.9 Å². The largest absolute Gasteiger partial charge is 0.493 e. The maximum Gasteiger partial charge on any atom is 0.269 e. The van der Waals surface area contributed by atoms with Crippen LogP contribution in [0.3, 0.4) is 0 Å². The standard InChI is InChI=1S/C22H26ClN3O5S/c1-4-31-18-10-9-14(13-19(18)30-2)20(27)25-26-22(29)17(11-12-32-3)24-21(28)15-7-5-6-8-16(15)23/h5-10,13,17H,4,11-12H2,1-3H3,(H,24,28)(H,25,27)(H,26,29)/t17-/m1/s1. The maximum atomic E-state index is 12.7. The first-order chi connectivity index (χ1) is 15.4. The van der Waals surface area contributed by atoms with Gasteiger partial charge >= 0.3 is 0 Å². The molecule has 8 nitrogen and oxygen atoms in total. The van der Waals surface area contributed by atoms with E-state index < -0.39 is 23.8 Å². The van der Waals surface area contributed by atoms with E-state index in [0.29, 0.717) is 30.3 Å². The van der Waals surface area contributed by atoms with Gasteiger partial charge < -0.3 is 14.8 Å². The average molecular weight is 480 g/mol. The Morgan fingerprint density at radius 3 is 2.47 bits per heavy atom. The van der Waals surface area contributed by atoms with Crippen LogP contribution in [0.15, 0.2) is 42.5 Å². The highest BCUT2D eigenvalue weighted by Gasteiger charge is 2.23. The number of amides is 3. The van der Waals surface area contributed by atoms with Crippen molar-refractivity contribution in [2.45, 2.75) is 19.4 Å². The Kier molecular flexibility index (Phi) is 10.2. The third-order valence-corrected chi connectivity index (χ3v) is 5.35. The van der Waals surface area contributed by atoms with E-state index in [1.54, 1.807) is 36.4 Å². The molecule has 0 radical (unpaired) electrons. The summed E-state index contributed by atoms with van der Waals surface area (Å²) >= 11 is 7.60. The van der Waals surface area contributed by atoms with Crippen LogP contribution in [0.2, 0.25) is 5.02 Å². The Bertz CT molecular complexity index is 957. The minimum Gasteiger partial charge on any atom is -0.493 e. The zero-order chi connectivity index (χ0) is 23.5. The lowest BCUT2D eigenvalue weighted by Gasteiger charge is -2.19. The normalized spacial score (nSPS) is 11.2. The van der Waals surface area contributed by atoms with Gasteiger partial charge in [-0.15, -0.1) is 0 Å². The molecule has 1 atom stereocenters. The van der Waals surface area contributed by atoms with Gasteiger partial charge in [-0.1, -0.05) is 23.7 Å². The minimum absolute atomic E-state index is 0.265. The lowest BCUT2D eigenvalue weighted by Crippen LogP contribution is -2.52. The van der Waals surface area contributed by atoms with Gasteiger partial charge in [-0.05, 0) is 55.7 Å². The molecule has 0 fully saturated rings. The van der Waals surface area contributed by atoms with Gasteiger partial charge in [-0.25, -0.2) is 0 Å². The van der Waals surface area contributed by atoms with Crippen molar-refractivity contribution in [1.29, 1.82) is 0 Å². The molecular formula is C22H26ClN3O5S. The second kappa shape index (κ2) is 12.8. The molecule has 0 saturated carbocycles. The van der Waals surface area contributed by atoms with Crippen molar-refractivity contribution >= 4 is 41.1 Å². The van der Waals surface area contributed by atoms with Gasteiger partial charge in [0, 0.05) is 5.56 Å². The first kappa shape index (κ1) is 25.4. The highest BCUT2D eigenvalue weighted by Crippen LogP contribution is 2.27. The summed E-state index contributed by atoms with van der Waals surface area (Å²) in [6.07, 6.45) is 2.27. The van der Waals surface area contributed by atoms with Crippen LogP contribution in [0.1, 0.15) is 34.1 Å². The summed E-state index contributed by atoms with van der Waals surface area (Å²) in [6.45, 7) is 2.29. The Balaban J connectivity index is 2.04. The van der Waals surface area contributed by atoms with Gasteiger partial charge in [0.15, 0.2) is 11.5 Å². The van der Waals surface area contributed by atoms with E-state index in [1.165, 1.54) is 24.9 Å². The number of nitrogens with one attached hydrogen (secondary N) is 3. The van der Waals surface area contributed by atoms with Gasteiger partial charge in [0.25, 0.3) is 17.7 Å². The molecule has 10 heteroatoms. The number of carbonyl (C=O) groups excluding carboxylic acids is 3. The van der Waals surface area contributed by atoms with Gasteiger partial charge in [0.2, 0.25) is 0 Å². The highest BCUT2D eigenvalue weighted by atomic mass is 35.5. The lowest BCUT2D eigenvalue weighted by atomic mass is 10.1. The third-order valence-electron chi connectivity index (χ3n) is 4.38. The molecule has 0 unspecified atom stereocenters. The first-order valence-corrected chi connectivity index (χ1v) is 11.6. The van der Waals surface area contributed by atoms with E-state index in [0.717, 1.165) is 0 Å². The fourth-order valence-electron chi connectivity index (χ4n) is 2.75. The monoisotopic (exact) mass is 479 g/mol. The smallest absolute Gasteiger partial charge is 0.269 e. The Morgan fingerprint density at radius 1 is 1.06 bits per heavy atom. The molecule has 0 heterocycles. The molecule has 3 N–H and O–H groups in total. The molecule has 0 aliphatic carbocycles. The van der Waals surface area contributed by atoms with Crippen LogP contribution < -0.4 is 25.6 Å². The summed E-state index contributed by atoms with van der Waals surface area (Å²) < 4.78 is 10.7. The van der Waals surface area contributed by atoms with Crippen molar-refractivity contribution in [2.24, 2.45) is 0 Å². The highest BCUT2D eigenvalue weighted by molar-refractivity contribution is 7.98. The molecule has 3 amide bonds. The zero-order valence-corrected chi connectivity index (χ0v) is 19.6. The van der Waals surface area contributed by atoms with Crippen molar-refractivity contribution in [2.75, 3.05) is 25.7 Å². The summed E-state index contributed by atoms with van der Waals surface area (Å²) in [5.41, 5.74) is 5.27. The topological polar surface area (TPSA) is 106 Å². The molecule has 2 rings (SSSR count). The van der Waals surface area contributed by atoms with Crippen LogP contribution in [-0.2, 0) is 4.79 Å². The summed E-state index contributed by atoms with van der Waals surface area (Å²) in [7, 11) is 1.47. The third kappa shape index (κ3) is 7.06. The van der Waals surface area contributed by atoms with Crippen LogP contribution in [0, 0.1) is 0 Å². The van der Waals surface area contributed by atoms with E-state index in [-0.39, 0.29) is 16.1 Å². The predicted molar refractivity (Wildman–Crippen MR) is 125 cm³/mol. The zero-order valence-electron chi connectivity index (χ0n) is 18.1. The van der Waals surface area contributed by atoms with Gasteiger partial charge in [0.05, 0.1) is 24.3 Å². The number of hydrogen-bond acceptors (Lipinski definition) is 6. The Labute approximate surface area is 196 Å². The second-order valence-corrected chi connectivity index (χ2v) is 7.92. The maximum absolute atomic E-state index is 12.7. The predicted octanol–water partition coefficient (Wildman–Crippen LogP) is 3.06. The number of carbonyl (C=O) groups is 3. The SMILES string of the molecule is CCOc1ccc(C(=O)NNC(=O)[C@@H](CCSC)NC(=O)c2ccccc2Cl)cc1OC. The molecule has 2 aromatic rings. The van der Waals surface area contributed by atoms with Crippen molar-refractivity contribution in [3.05, 3.63) is 58.6 Å². The van der Waals surface area contributed by atoms with Gasteiger partial charge in [-0.3, -0.25) is 25.2 Å². The summed E-state index contributed by atoms with van der Waals surface area (Å²) in [5, 5.41) is 2.96. The van der Waals surface area contributed by atoms with Crippen LogP contribution in [0.25, 0.3) is 0 Å². The van der Waals surface area contributed by atoms with Crippen molar-refractivity contribution in [3.63, 3.8) is 0 Å². The average Bonchev–Trinajstić information content (AvgIpc) is 2.80. The van der Waals surface area contributed by atoms with Gasteiger partial charge in [0.1, 0.15) is 6.04 Å². The van der Waals surface area contributed by atoms with E-state index >= 15 is 0 Å². The molecule has 0 saturated heterocycles. The molecule has 0 aromatic heterocycles. The van der Waals surface area contributed by atoms with Crippen molar-refractivity contribution in [1.82, 2.24) is 16.2 Å². The molecule has 172 valence electrons. The van der Waals surface area contributed by atoms with E-state index in [1.807, 2.05) is 13.2 Å². The first-order valence-electron chi connectivity index (χ1n) is 9.86. The number of benzene rings is 2. The number of rotatable bonds is 10. The fraction of sp³-hybridized carbons (Fsp3) is 0.318. The summed E-state index contributed by atoms with van der Waals surface area (Å²) in [6, 6.07) is 10.4. The molecule has 0 aliphatic heterocycles. The lowest BCUT2D eigenvalue weighted by molar-refractivity contribution is -0.123.